The van der Waals surface area contributed by atoms with Gasteiger partial charge in [-0.2, -0.15) is 8.42 Å². The van der Waals surface area contributed by atoms with E-state index in [1.54, 1.807) is 0 Å². The third kappa shape index (κ3) is 6.74. The lowest BCUT2D eigenvalue weighted by atomic mass is 10.2. The van der Waals surface area contributed by atoms with Gasteiger partial charge in [0.2, 0.25) is 0 Å². The molecular weight excluding hydrogens is 492 g/mol. The van der Waals surface area contributed by atoms with E-state index in [1.165, 1.54) is 25.3 Å². The highest BCUT2D eigenvalue weighted by Gasteiger charge is 2.19. The number of hydrogen-bond donors (Lipinski definition) is 4. The average Bonchev–Trinajstić information content (AvgIpc) is 2.71. The molecule has 0 amide bonds. The maximum Gasteiger partial charge on any atom is 0.296 e. The molecule has 0 spiro atoms. The van der Waals surface area contributed by atoms with Gasteiger partial charge in [0.05, 0.1) is 35.7 Å². The Labute approximate surface area is 187 Å². The van der Waals surface area contributed by atoms with Crippen molar-refractivity contribution in [2.45, 2.75) is 9.79 Å². The monoisotopic (exact) mass is 510 g/mol. The number of hydrogen-bond acceptors (Lipinski definition) is 14. The number of rotatable bonds is 11. The summed E-state index contributed by atoms with van der Waals surface area (Å²) in [7, 11) is -7.14. The largest absolute Gasteiger partial charge is 0.494 e. The van der Waals surface area contributed by atoms with Gasteiger partial charge in [0.15, 0.2) is 22.2 Å². The van der Waals surface area contributed by atoms with Gasteiger partial charge in [0.1, 0.15) is 22.0 Å². The second-order valence-electron chi connectivity index (χ2n) is 5.81. The van der Waals surface area contributed by atoms with Crippen LogP contribution in [0.25, 0.3) is 0 Å². The highest BCUT2D eigenvalue weighted by molar-refractivity contribution is 7.91. The first-order valence-corrected chi connectivity index (χ1v) is 12.0. The first-order valence-electron chi connectivity index (χ1n) is 8.25. The molecule has 176 valence electrons. The van der Waals surface area contributed by atoms with E-state index < -0.39 is 30.6 Å². The molecule has 0 fully saturated rings. The fraction of sp³-hybridized carbons (Fsp3) is 0.200. The van der Waals surface area contributed by atoms with E-state index in [-0.39, 0.29) is 52.3 Å². The third-order valence-corrected chi connectivity index (χ3v) is 6.72. The van der Waals surface area contributed by atoms with Crippen LogP contribution in [0.1, 0.15) is 0 Å². The van der Waals surface area contributed by atoms with Crippen LogP contribution in [-0.4, -0.2) is 46.1 Å². The number of nitrogen functional groups attached to an aromatic ring is 2. The van der Waals surface area contributed by atoms with E-state index in [2.05, 4.69) is 19.6 Å². The molecule has 6 N–H and O–H groups in total. The SMILES string of the molecule is COc1ccc(S(=O)(=O)CCOSOOO)cc1N=Nc1cc(S(=O)(=O)O)c(N)cc1N. The highest BCUT2D eigenvalue weighted by Crippen LogP contribution is 2.35. The second kappa shape index (κ2) is 10.9. The summed E-state index contributed by atoms with van der Waals surface area (Å²) < 4.78 is 70.9. The van der Waals surface area contributed by atoms with Crippen molar-refractivity contribution in [1.29, 1.82) is 0 Å². The van der Waals surface area contributed by atoms with Crippen LogP contribution in [0.3, 0.4) is 0 Å². The van der Waals surface area contributed by atoms with Crippen LogP contribution in [-0.2, 0) is 33.5 Å². The summed E-state index contributed by atoms with van der Waals surface area (Å²) in [5.41, 5.74) is 10.8. The number of azo groups is 1. The second-order valence-corrected chi connectivity index (χ2v) is 9.82. The smallest absolute Gasteiger partial charge is 0.296 e. The number of ether oxygens (including phenoxy) is 1. The lowest BCUT2D eigenvalue weighted by Crippen LogP contribution is -2.11. The van der Waals surface area contributed by atoms with Crippen LogP contribution >= 0.6 is 12.3 Å². The number of nitrogens with zero attached hydrogens (tertiary/aromatic N) is 2. The summed E-state index contributed by atoms with van der Waals surface area (Å²) in [6.07, 6.45) is 0. The fourth-order valence-electron chi connectivity index (χ4n) is 2.29. The summed E-state index contributed by atoms with van der Waals surface area (Å²) in [5, 5.41) is 19.0. The topological polar surface area (TPSA) is 222 Å². The zero-order valence-corrected chi connectivity index (χ0v) is 18.7. The Morgan fingerprint density at radius 1 is 1.03 bits per heavy atom. The van der Waals surface area contributed by atoms with E-state index in [1.807, 2.05) is 0 Å². The molecule has 14 nitrogen and oxygen atoms in total. The number of sulfone groups is 1. The molecule has 2 aromatic carbocycles. The van der Waals surface area contributed by atoms with Crippen molar-refractivity contribution in [3.05, 3.63) is 30.3 Å². The maximum absolute atomic E-state index is 12.5. The van der Waals surface area contributed by atoms with E-state index in [9.17, 15) is 21.4 Å². The molecule has 0 bridgehead atoms. The molecule has 2 rings (SSSR count). The quantitative estimate of drug-likeness (QED) is 0.0648. The van der Waals surface area contributed by atoms with Crippen molar-refractivity contribution >= 4 is 55.0 Å². The summed E-state index contributed by atoms with van der Waals surface area (Å²) in [6.45, 7) is -0.292. The Kier molecular flexibility index (Phi) is 8.75. The van der Waals surface area contributed by atoms with Crippen molar-refractivity contribution in [1.82, 2.24) is 0 Å². The average molecular weight is 511 g/mol. The van der Waals surface area contributed by atoms with Gasteiger partial charge in [-0.1, -0.05) is 5.04 Å². The minimum atomic E-state index is -4.64. The molecule has 0 aliphatic carbocycles. The van der Waals surface area contributed by atoms with E-state index in [0.717, 1.165) is 12.1 Å². The van der Waals surface area contributed by atoms with Crippen molar-refractivity contribution in [2.24, 2.45) is 10.2 Å². The fourth-order valence-corrected chi connectivity index (χ4v) is 4.33. The zero-order valence-electron chi connectivity index (χ0n) is 16.2. The Hall–Kier alpha value is -2.51. The zero-order chi connectivity index (χ0) is 23.9. The summed E-state index contributed by atoms with van der Waals surface area (Å²) in [6, 6.07) is 5.80. The van der Waals surface area contributed by atoms with Gasteiger partial charge in [-0.3, -0.25) is 8.74 Å². The molecule has 2 aromatic rings. The van der Waals surface area contributed by atoms with Gasteiger partial charge in [-0.15, -0.1) is 14.6 Å². The normalized spacial score (nSPS) is 12.3. The van der Waals surface area contributed by atoms with Gasteiger partial charge in [-0.25, -0.2) is 13.7 Å². The van der Waals surface area contributed by atoms with Crippen LogP contribution in [0.2, 0.25) is 0 Å². The first kappa shape index (κ1) is 25.7. The molecule has 0 aromatic heterocycles. The van der Waals surface area contributed by atoms with Crippen molar-refractivity contribution in [3.8, 4) is 5.75 Å². The highest BCUT2D eigenvalue weighted by atomic mass is 32.2. The predicted octanol–water partition coefficient (Wildman–Crippen LogP) is 2.30. The molecule has 0 aliphatic rings. The number of anilines is 2. The van der Waals surface area contributed by atoms with Gasteiger partial charge in [-0.05, 0) is 30.3 Å². The molecule has 17 heteroatoms. The molecule has 0 saturated heterocycles. The summed E-state index contributed by atoms with van der Waals surface area (Å²) in [4.78, 5) is -0.749. The molecule has 32 heavy (non-hydrogen) atoms. The minimum Gasteiger partial charge on any atom is -0.494 e. The molecule has 0 heterocycles. The Morgan fingerprint density at radius 2 is 1.72 bits per heavy atom. The van der Waals surface area contributed by atoms with Crippen LogP contribution in [0.4, 0.5) is 22.7 Å². The Balaban J connectivity index is 2.35. The lowest BCUT2D eigenvalue weighted by molar-refractivity contribution is -0.434. The predicted molar refractivity (Wildman–Crippen MR) is 113 cm³/mol. The van der Waals surface area contributed by atoms with Crippen LogP contribution in [0.15, 0.2) is 50.4 Å². The molecule has 0 atom stereocenters. The number of nitrogens with two attached hydrogens (primary N) is 2. The third-order valence-electron chi connectivity index (χ3n) is 3.75. The van der Waals surface area contributed by atoms with Crippen LogP contribution < -0.4 is 16.2 Å². The van der Waals surface area contributed by atoms with Crippen molar-refractivity contribution in [2.75, 3.05) is 30.9 Å². The minimum absolute atomic E-state index is 0.00878. The summed E-state index contributed by atoms with van der Waals surface area (Å²) in [5.74, 6) is -0.280. The van der Waals surface area contributed by atoms with Crippen LogP contribution in [0, 0.1) is 0 Å². The Morgan fingerprint density at radius 3 is 2.34 bits per heavy atom. The van der Waals surface area contributed by atoms with Crippen molar-refractivity contribution < 1.29 is 44.9 Å². The van der Waals surface area contributed by atoms with Gasteiger partial charge >= 0.3 is 0 Å². The van der Waals surface area contributed by atoms with Crippen LogP contribution in [0.5, 0.6) is 5.75 Å². The molecule has 0 aliphatic heterocycles. The van der Waals surface area contributed by atoms with E-state index in [0.29, 0.717) is 0 Å². The van der Waals surface area contributed by atoms with Crippen molar-refractivity contribution in [3.63, 3.8) is 0 Å². The standard InChI is InChI=1S/C15H18N4O10S3/c1-26-14-3-2-9(31(21,22)5-4-27-30-29-28-20)6-13(14)19-18-12-8-15(32(23,24)25)11(17)7-10(12)16/h2-3,6-8,20H,4-5,16-17H2,1H3,(H,23,24,25). The summed E-state index contributed by atoms with van der Waals surface area (Å²) >= 11 is 0.238. The lowest BCUT2D eigenvalue weighted by Gasteiger charge is -2.09. The van der Waals surface area contributed by atoms with E-state index in [4.69, 9.17) is 25.6 Å². The van der Waals surface area contributed by atoms with E-state index >= 15 is 0 Å². The van der Waals surface area contributed by atoms with Gasteiger partial charge < -0.3 is 16.2 Å². The maximum atomic E-state index is 12.5. The molecule has 0 unspecified atom stereocenters. The molecule has 0 radical (unpaired) electrons. The number of benzene rings is 2. The van der Waals surface area contributed by atoms with Gasteiger partial charge in [0, 0.05) is 0 Å². The molecule has 0 saturated carbocycles. The Bertz CT molecular complexity index is 1200. The number of methoxy groups -OCH3 is 1. The first-order chi connectivity index (χ1) is 15.0. The van der Waals surface area contributed by atoms with Gasteiger partial charge in [0.25, 0.3) is 10.1 Å². The molecular formula is C15H18N4O10S3.